The number of hydrogen-bond acceptors (Lipinski definition) is 4. The van der Waals surface area contributed by atoms with Crippen molar-refractivity contribution in [1.82, 2.24) is 0 Å². The molecule has 0 heterocycles. The molecule has 0 N–H and O–H groups in total. The van der Waals surface area contributed by atoms with Gasteiger partial charge in [-0.3, -0.25) is 19.2 Å². The summed E-state index contributed by atoms with van der Waals surface area (Å²) in [5.74, 6) is -0.845. The van der Waals surface area contributed by atoms with Crippen molar-refractivity contribution in [3.63, 3.8) is 0 Å². The van der Waals surface area contributed by atoms with Gasteiger partial charge in [-0.05, 0) is 88.3 Å². The first-order valence-electron chi connectivity index (χ1n) is 7.04. The molecule has 6 atom stereocenters. The van der Waals surface area contributed by atoms with Gasteiger partial charge in [0.25, 0.3) is 0 Å². The molecular weight excluding hydrogens is 386 g/mol. The van der Waals surface area contributed by atoms with Gasteiger partial charge < -0.3 is 0 Å². The SMILES string of the molecule is O=C(Cl)C1=C(C(=O)Cl)[C@H]2C3CC([C@@H]12)[C@@H]1C(C(=O)Cl)=C(C(=O)Cl)[C@H]31. The minimum absolute atomic E-state index is 0.0371. The molecule has 4 aliphatic rings. The highest BCUT2D eigenvalue weighted by atomic mass is 35.5. The third kappa shape index (κ3) is 1.76. The molecule has 2 fully saturated rings. The zero-order valence-electron chi connectivity index (χ0n) is 11.3. The van der Waals surface area contributed by atoms with Crippen molar-refractivity contribution in [3.8, 4) is 0 Å². The highest BCUT2D eigenvalue weighted by Gasteiger charge is 2.71. The molecule has 0 spiro atoms. The van der Waals surface area contributed by atoms with Crippen molar-refractivity contribution < 1.29 is 19.2 Å². The van der Waals surface area contributed by atoms with E-state index >= 15 is 0 Å². The lowest BCUT2D eigenvalue weighted by atomic mass is 9.50. The van der Waals surface area contributed by atoms with Crippen LogP contribution in [0.4, 0.5) is 0 Å². The molecule has 0 aliphatic heterocycles. The molecule has 2 bridgehead atoms. The molecule has 120 valence electrons. The van der Waals surface area contributed by atoms with Crippen molar-refractivity contribution in [3.05, 3.63) is 22.3 Å². The van der Waals surface area contributed by atoms with Gasteiger partial charge in [0, 0.05) is 22.3 Å². The van der Waals surface area contributed by atoms with E-state index in [4.69, 9.17) is 46.4 Å². The molecular formula is C15H8Cl4O4. The van der Waals surface area contributed by atoms with E-state index in [1.54, 1.807) is 0 Å². The number of halogens is 4. The van der Waals surface area contributed by atoms with E-state index in [1.165, 1.54) is 0 Å². The maximum absolute atomic E-state index is 11.7. The molecule has 4 nitrogen and oxygen atoms in total. The standard InChI is InChI=1S/C15H8Cl4O4/c16-12(20)8-4-2-1-3(6(4)10(8)14(18)22)7-5(2)9(13(17)21)11(7)15(19)23/h2-7H,1H2/t2?,3?,4-,5+,6+,7-. The Labute approximate surface area is 150 Å². The van der Waals surface area contributed by atoms with Crippen LogP contribution < -0.4 is 0 Å². The van der Waals surface area contributed by atoms with Gasteiger partial charge in [-0.15, -0.1) is 0 Å². The van der Waals surface area contributed by atoms with Gasteiger partial charge in [-0.25, -0.2) is 0 Å². The molecule has 0 radical (unpaired) electrons. The van der Waals surface area contributed by atoms with Crippen molar-refractivity contribution in [2.45, 2.75) is 6.42 Å². The van der Waals surface area contributed by atoms with E-state index in [1.807, 2.05) is 0 Å². The largest absolute Gasteiger partial charge is 0.276 e. The van der Waals surface area contributed by atoms with Gasteiger partial charge in [0.2, 0.25) is 21.0 Å². The molecule has 4 rings (SSSR count). The van der Waals surface area contributed by atoms with Gasteiger partial charge in [0.15, 0.2) is 0 Å². The number of allylic oxidation sites excluding steroid dienone is 4. The maximum Gasteiger partial charge on any atom is 0.249 e. The molecule has 23 heavy (non-hydrogen) atoms. The lowest BCUT2D eigenvalue weighted by Gasteiger charge is -2.52. The maximum atomic E-state index is 11.7. The smallest absolute Gasteiger partial charge is 0.249 e. The van der Waals surface area contributed by atoms with Crippen LogP contribution in [0.5, 0.6) is 0 Å². The molecule has 8 heteroatoms. The Hall–Kier alpha value is -0.680. The molecule has 2 unspecified atom stereocenters. The number of hydrogen-bond donors (Lipinski definition) is 0. The van der Waals surface area contributed by atoms with E-state index < -0.39 is 21.0 Å². The fourth-order valence-corrected chi connectivity index (χ4v) is 6.37. The van der Waals surface area contributed by atoms with Gasteiger partial charge in [0.05, 0.1) is 0 Å². The Kier molecular flexibility index (Phi) is 3.38. The van der Waals surface area contributed by atoms with Gasteiger partial charge in [0.1, 0.15) is 0 Å². The van der Waals surface area contributed by atoms with Crippen LogP contribution in [0.15, 0.2) is 22.3 Å². The van der Waals surface area contributed by atoms with Gasteiger partial charge in [-0.1, -0.05) is 0 Å². The third-order valence-electron chi connectivity index (χ3n) is 5.92. The number of fused-ring (bicyclic) bond motifs is 8. The molecule has 0 saturated heterocycles. The quantitative estimate of drug-likeness (QED) is 0.688. The van der Waals surface area contributed by atoms with E-state index in [9.17, 15) is 19.2 Å². The average molecular weight is 394 g/mol. The second-order valence-corrected chi connectivity index (χ2v) is 7.79. The first-order chi connectivity index (χ1) is 10.8. The molecule has 0 amide bonds. The Morgan fingerprint density at radius 3 is 0.957 bits per heavy atom. The minimum Gasteiger partial charge on any atom is -0.276 e. The summed E-state index contributed by atoms with van der Waals surface area (Å²) in [5.41, 5.74) is 1.04. The molecule has 4 aliphatic carbocycles. The summed E-state index contributed by atoms with van der Waals surface area (Å²) in [5, 5.41) is -2.74. The Morgan fingerprint density at radius 2 is 0.783 bits per heavy atom. The van der Waals surface area contributed by atoms with Crippen LogP contribution in [-0.2, 0) is 19.2 Å². The molecule has 2 saturated carbocycles. The topological polar surface area (TPSA) is 68.3 Å². The third-order valence-corrected chi connectivity index (χ3v) is 6.74. The zero-order valence-corrected chi connectivity index (χ0v) is 14.3. The number of carbonyl (C=O) groups excluding carboxylic acids is 4. The zero-order chi connectivity index (χ0) is 16.8. The first kappa shape index (κ1) is 15.8. The van der Waals surface area contributed by atoms with Crippen LogP contribution in [-0.4, -0.2) is 21.0 Å². The van der Waals surface area contributed by atoms with Crippen molar-refractivity contribution >= 4 is 67.4 Å². The summed E-state index contributed by atoms with van der Waals surface area (Å²) in [6, 6.07) is 0. The second-order valence-electron chi connectivity index (χ2n) is 6.42. The van der Waals surface area contributed by atoms with E-state index in [-0.39, 0.29) is 57.8 Å². The fraction of sp³-hybridized carbons (Fsp3) is 0.467. The Morgan fingerprint density at radius 1 is 0.565 bits per heavy atom. The summed E-state index contributed by atoms with van der Waals surface area (Å²) in [6.07, 6.45) is 0.688. The monoisotopic (exact) mass is 392 g/mol. The molecule has 0 aromatic heterocycles. The first-order valence-corrected chi connectivity index (χ1v) is 8.56. The van der Waals surface area contributed by atoms with Crippen LogP contribution in [0.1, 0.15) is 6.42 Å². The fourth-order valence-electron chi connectivity index (χ4n) is 5.46. The summed E-state index contributed by atoms with van der Waals surface area (Å²) in [4.78, 5) is 46.7. The van der Waals surface area contributed by atoms with E-state index in [0.29, 0.717) is 6.42 Å². The second kappa shape index (κ2) is 4.92. The number of carbonyl (C=O) groups is 4. The highest BCUT2D eigenvalue weighted by molar-refractivity contribution is 6.72. The minimum atomic E-state index is -0.685. The lowest BCUT2D eigenvalue weighted by Crippen LogP contribution is -2.52. The van der Waals surface area contributed by atoms with Crippen LogP contribution in [0, 0.1) is 35.5 Å². The van der Waals surface area contributed by atoms with E-state index in [2.05, 4.69) is 0 Å². The molecule has 0 aromatic rings. The highest BCUT2D eigenvalue weighted by Crippen LogP contribution is 2.74. The lowest BCUT2D eigenvalue weighted by molar-refractivity contribution is -0.116. The van der Waals surface area contributed by atoms with Crippen LogP contribution >= 0.6 is 46.4 Å². The van der Waals surface area contributed by atoms with Crippen LogP contribution in [0.25, 0.3) is 0 Å². The van der Waals surface area contributed by atoms with Gasteiger partial charge in [-0.2, -0.15) is 0 Å². The summed E-state index contributed by atoms with van der Waals surface area (Å²) in [6.45, 7) is 0. The summed E-state index contributed by atoms with van der Waals surface area (Å²) >= 11 is 22.5. The predicted octanol–water partition coefficient (Wildman–Crippen LogP) is 2.78. The molecule has 0 aromatic carbocycles. The number of rotatable bonds is 4. The summed E-state index contributed by atoms with van der Waals surface area (Å²) in [7, 11) is 0. The van der Waals surface area contributed by atoms with Gasteiger partial charge >= 0.3 is 0 Å². The summed E-state index contributed by atoms with van der Waals surface area (Å²) < 4.78 is 0. The Bertz CT molecular complexity index is 656. The van der Waals surface area contributed by atoms with Crippen molar-refractivity contribution in [1.29, 1.82) is 0 Å². The van der Waals surface area contributed by atoms with Crippen LogP contribution in [0.2, 0.25) is 0 Å². The average Bonchev–Trinajstić information content (AvgIpc) is 2.73. The van der Waals surface area contributed by atoms with Crippen molar-refractivity contribution in [2.24, 2.45) is 35.5 Å². The normalized spacial score (nSPS) is 39.5. The van der Waals surface area contributed by atoms with E-state index in [0.717, 1.165) is 0 Å². The van der Waals surface area contributed by atoms with Crippen molar-refractivity contribution in [2.75, 3.05) is 0 Å². The predicted molar refractivity (Wildman–Crippen MR) is 83.0 cm³/mol. The Balaban J connectivity index is 1.79. The van der Waals surface area contributed by atoms with Crippen LogP contribution in [0.3, 0.4) is 0 Å².